The Morgan fingerprint density at radius 1 is 1.16 bits per heavy atom. The van der Waals surface area contributed by atoms with Crippen LogP contribution in [0.5, 0.6) is 0 Å². The number of benzene rings is 2. The molecule has 0 aliphatic heterocycles. The van der Waals surface area contributed by atoms with Gasteiger partial charge in [0.05, 0.1) is 5.52 Å². The van der Waals surface area contributed by atoms with Crippen molar-refractivity contribution in [1.82, 2.24) is 4.98 Å². The monoisotopic (exact) mass is 318 g/mol. The highest BCUT2D eigenvalue weighted by Crippen LogP contribution is 2.24. The standard InChI is InChI=1S/C15H12BrFN2/c16-13-8-12(17)4-5-14(13)19-9-11-3-1-2-10-6-7-18-15(10)11/h1-8,18-19H,9H2. The van der Waals surface area contributed by atoms with Crippen molar-refractivity contribution >= 4 is 32.5 Å². The van der Waals surface area contributed by atoms with Crippen molar-refractivity contribution in [3.05, 3.63) is 64.5 Å². The molecule has 0 bridgehead atoms. The quantitative estimate of drug-likeness (QED) is 0.721. The summed E-state index contributed by atoms with van der Waals surface area (Å²) in [6, 6.07) is 12.9. The number of nitrogens with one attached hydrogen (secondary N) is 2. The summed E-state index contributed by atoms with van der Waals surface area (Å²) in [6.07, 6.45) is 1.93. The van der Waals surface area contributed by atoms with Crippen molar-refractivity contribution in [2.24, 2.45) is 0 Å². The molecule has 2 nitrogen and oxygen atoms in total. The molecule has 1 heterocycles. The molecule has 0 atom stereocenters. The molecule has 0 aliphatic rings. The molecule has 0 saturated heterocycles. The predicted molar refractivity (Wildman–Crippen MR) is 79.7 cm³/mol. The summed E-state index contributed by atoms with van der Waals surface area (Å²) in [5.74, 6) is -0.246. The van der Waals surface area contributed by atoms with Gasteiger partial charge in [-0.15, -0.1) is 0 Å². The van der Waals surface area contributed by atoms with Gasteiger partial charge in [0.25, 0.3) is 0 Å². The third kappa shape index (κ3) is 2.49. The molecular formula is C15H12BrFN2. The van der Waals surface area contributed by atoms with Gasteiger partial charge in [-0.1, -0.05) is 18.2 Å². The van der Waals surface area contributed by atoms with E-state index in [1.54, 1.807) is 6.07 Å². The molecule has 19 heavy (non-hydrogen) atoms. The Hall–Kier alpha value is -1.81. The molecule has 0 unspecified atom stereocenters. The zero-order valence-corrected chi connectivity index (χ0v) is 11.7. The average Bonchev–Trinajstić information content (AvgIpc) is 2.86. The summed E-state index contributed by atoms with van der Waals surface area (Å²) in [6.45, 7) is 0.683. The number of H-pyrrole nitrogens is 1. The molecule has 96 valence electrons. The van der Waals surface area contributed by atoms with Crippen LogP contribution in [0, 0.1) is 5.82 Å². The van der Waals surface area contributed by atoms with E-state index < -0.39 is 0 Å². The van der Waals surface area contributed by atoms with Crippen LogP contribution in [0.2, 0.25) is 0 Å². The van der Waals surface area contributed by atoms with E-state index in [-0.39, 0.29) is 5.82 Å². The van der Waals surface area contributed by atoms with Gasteiger partial charge in [0.2, 0.25) is 0 Å². The van der Waals surface area contributed by atoms with E-state index in [0.717, 1.165) is 15.7 Å². The van der Waals surface area contributed by atoms with Crippen LogP contribution < -0.4 is 5.32 Å². The summed E-state index contributed by atoms with van der Waals surface area (Å²) in [5.41, 5.74) is 3.19. The Morgan fingerprint density at radius 2 is 2.05 bits per heavy atom. The molecule has 0 aliphatic carbocycles. The van der Waals surface area contributed by atoms with Gasteiger partial charge in [-0.25, -0.2) is 4.39 Å². The molecule has 2 aromatic carbocycles. The molecule has 4 heteroatoms. The normalized spacial score (nSPS) is 10.8. The predicted octanol–water partition coefficient (Wildman–Crippen LogP) is 4.68. The Morgan fingerprint density at radius 3 is 2.89 bits per heavy atom. The Kier molecular flexibility index (Phi) is 3.25. The van der Waals surface area contributed by atoms with E-state index in [1.165, 1.54) is 23.1 Å². The lowest BCUT2D eigenvalue weighted by molar-refractivity contribution is 0.627. The first-order valence-corrected chi connectivity index (χ1v) is 6.77. The summed E-state index contributed by atoms with van der Waals surface area (Å²) in [5, 5.41) is 4.50. The van der Waals surface area contributed by atoms with Crippen LogP contribution in [0.1, 0.15) is 5.56 Å². The largest absolute Gasteiger partial charge is 0.380 e. The van der Waals surface area contributed by atoms with E-state index in [4.69, 9.17) is 0 Å². The van der Waals surface area contributed by atoms with Crippen LogP contribution >= 0.6 is 15.9 Å². The number of halogens is 2. The molecule has 3 rings (SSSR count). The summed E-state index contributed by atoms with van der Waals surface area (Å²) >= 11 is 3.35. The molecule has 0 fully saturated rings. The Balaban J connectivity index is 1.84. The molecule has 0 amide bonds. The van der Waals surface area contributed by atoms with E-state index in [2.05, 4.69) is 38.4 Å². The van der Waals surface area contributed by atoms with Gasteiger partial charge < -0.3 is 10.3 Å². The second-order valence-corrected chi connectivity index (χ2v) is 5.19. The lowest BCUT2D eigenvalue weighted by atomic mass is 10.1. The number of fused-ring (bicyclic) bond motifs is 1. The number of hydrogen-bond acceptors (Lipinski definition) is 1. The van der Waals surface area contributed by atoms with Gasteiger partial charge in [-0.05, 0) is 51.1 Å². The van der Waals surface area contributed by atoms with Gasteiger partial charge >= 0.3 is 0 Å². The first-order chi connectivity index (χ1) is 9.24. The van der Waals surface area contributed by atoms with Crippen LogP contribution in [-0.4, -0.2) is 4.98 Å². The Labute approximate surface area is 118 Å². The lowest BCUT2D eigenvalue weighted by Crippen LogP contribution is -2.01. The number of aromatic amines is 1. The zero-order chi connectivity index (χ0) is 13.2. The fourth-order valence-electron chi connectivity index (χ4n) is 2.12. The number of anilines is 1. The number of rotatable bonds is 3. The van der Waals surface area contributed by atoms with E-state index >= 15 is 0 Å². The van der Waals surface area contributed by atoms with Crippen molar-refractivity contribution in [1.29, 1.82) is 0 Å². The minimum Gasteiger partial charge on any atom is -0.380 e. The van der Waals surface area contributed by atoms with E-state index in [0.29, 0.717) is 6.54 Å². The van der Waals surface area contributed by atoms with Crippen LogP contribution in [-0.2, 0) is 6.54 Å². The van der Waals surface area contributed by atoms with Gasteiger partial charge in [0, 0.05) is 22.9 Å². The van der Waals surface area contributed by atoms with Gasteiger partial charge in [0.15, 0.2) is 0 Å². The van der Waals surface area contributed by atoms with Crippen LogP contribution in [0.25, 0.3) is 10.9 Å². The minimum atomic E-state index is -0.246. The maximum absolute atomic E-state index is 13.0. The SMILES string of the molecule is Fc1ccc(NCc2cccc3cc[nH]c23)c(Br)c1. The van der Waals surface area contributed by atoms with Gasteiger partial charge in [-0.3, -0.25) is 0 Å². The molecule has 2 N–H and O–H groups in total. The fraction of sp³-hybridized carbons (Fsp3) is 0.0667. The second-order valence-electron chi connectivity index (χ2n) is 4.34. The molecule has 0 radical (unpaired) electrons. The first kappa shape index (κ1) is 12.2. The number of hydrogen-bond donors (Lipinski definition) is 2. The number of aromatic nitrogens is 1. The van der Waals surface area contributed by atoms with Crippen molar-refractivity contribution in [2.45, 2.75) is 6.54 Å². The topological polar surface area (TPSA) is 27.8 Å². The summed E-state index contributed by atoms with van der Waals surface area (Å²) < 4.78 is 13.7. The maximum atomic E-state index is 13.0. The maximum Gasteiger partial charge on any atom is 0.124 e. The minimum absolute atomic E-state index is 0.246. The number of para-hydroxylation sites is 1. The molecule has 1 aromatic heterocycles. The highest BCUT2D eigenvalue weighted by atomic mass is 79.9. The third-order valence-electron chi connectivity index (χ3n) is 3.07. The van der Waals surface area contributed by atoms with Crippen molar-refractivity contribution in [3.8, 4) is 0 Å². The summed E-state index contributed by atoms with van der Waals surface area (Å²) in [7, 11) is 0. The highest BCUT2D eigenvalue weighted by molar-refractivity contribution is 9.10. The third-order valence-corrected chi connectivity index (χ3v) is 3.73. The van der Waals surface area contributed by atoms with Crippen molar-refractivity contribution < 1.29 is 4.39 Å². The smallest absolute Gasteiger partial charge is 0.124 e. The highest BCUT2D eigenvalue weighted by Gasteiger charge is 2.04. The van der Waals surface area contributed by atoms with Gasteiger partial charge in [-0.2, -0.15) is 0 Å². The Bertz CT molecular complexity index is 721. The van der Waals surface area contributed by atoms with Crippen molar-refractivity contribution in [2.75, 3.05) is 5.32 Å². The van der Waals surface area contributed by atoms with Crippen LogP contribution in [0.15, 0.2) is 53.1 Å². The average molecular weight is 319 g/mol. The molecule has 3 aromatic rings. The molecular weight excluding hydrogens is 307 g/mol. The van der Waals surface area contributed by atoms with Crippen LogP contribution in [0.4, 0.5) is 10.1 Å². The van der Waals surface area contributed by atoms with Crippen LogP contribution in [0.3, 0.4) is 0 Å². The first-order valence-electron chi connectivity index (χ1n) is 5.98. The van der Waals surface area contributed by atoms with E-state index in [1.807, 2.05) is 18.3 Å². The summed E-state index contributed by atoms with van der Waals surface area (Å²) in [4.78, 5) is 3.24. The zero-order valence-electron chi connectivity index (χ0n) is 10.1. The van der Waals surface area contributed by atoms with Crippen molar-refractivity contribution in [3.63, 3.8) is 0 Å². The van der Waals surface area contributed by atoms with E-state index in [9.17, 15) is 4.39 Å². The molecule has 0 spiro atoms. The second kappa shape index (κ2) is 5.05. The van der Waals surface area contributed by atoms with Gasteiger partial charge in [0.1, 0.15) is 5.82 Å². The lowest BCUT2D eigenvalue weighted by Gasteiger charge is -2.09. The fourth-order valence-corrected chi connectivity index (χ4v) is 2.61. The molecule has 0 saturated carbocycles.